The lowest BCUT2D eigenvalue weighted by molar-refractivity contribution is 0.0917. The molecule has 2 rings (SSSR count). The van der Waals surface area contributed by atoms with Gasteiger partial charge in [-0.3, -0.25) is 0 Å². The first-order chi connectivity index (χ1) is 9.51. The molecule has 0 heterocycles. The van der Waals surface area contributed by atoms with Gasteiger partial charge in [0.15, 0.2) is 0 Å². The Labute approximate surface area is 126 Å². The molecule has 0 amide bonds. The first-order valence-corrected chi connectivity index (χ1v) is 8.99. The Balaban J connectivity index is 1.90. The van der Waals surface area contributed by atoms with E-state index in [1.54, 1.807) is 0 Å². The molecule has 20 heavy (non-hydrogen) atoms. The second-order valence-electron chi connectivity index (χ2n) is 8.08. The Bertz CT molecular complexity index is 284. The summed E-state index contributed by atoms with van der Waals surface area (Å²) in [5, 5.41) is 3.99. The topological polar surface area (TPSA) is 38.0 Å². The van der Waals surface area contributed by atoms with Crippen LogP contribution in [-0.2, 0) is 0 Å². The molecule has 118 valence electrons. The van der Waals surface area contributed by atoms with Crippen LogP contribution < -0.4 is 11.1 Å². The van der Waals surface area contributed by atoms with Crippen LogP contribution in [-0.4, -0.2) is 18.1 Å². The summed E-state index contributed by atoms with van der Waals surface area (Å²) in [6, 6.07) is 0.739. The Hall–Kier alpha value is -0.0800. The van der Waals surface area contributed by atoms with Gasteiger partial charge in [0.25, 0.3) is 0 Å². The SMILES string of the molecule is CCC(C)(C)C1CCC(CN)(NC2CCCCC2)CC1. The van der Waals surface area contributed by atoms with Crippen molar-refractivity contribution in [2.24, 2.45) is 17.1 Å². The monoisotopic (exact) mass is 280 g/mol. The predicted octanol–water partition coefficient (Wildman–Crippen LogP) is 4.23. The Kier molecular flexibility index (Phi) is 5.53. The minimum atomic E-state index is 0.252. The zero-order valence-electron chi connectivity index (χ0n) is 14.0. The van der Waals surface area contributed by atoms with E-state index in [1.165, 1.54) is 64.2 Å². The summed E-state index contributed by atoms with van der Waals surface area (Å²) in [4.78, 5) is 0. The second kappa shape index (κ2) is 6.79. The molecule has 0 saturated heterocycles. The van der Waals surface area contributed by atoms with E-state index in [0.29, 0.717) is 5.41 Å². The molecule has 0 spiro atoms. The van der Waals surface area contributed by atoms with E-state index in [9.17, 15) is 0 Å². The molecule has 0 aromatic carbocycles. The van der Waals surface area contributed by atoms with Crippen LogP contribution in [0.1, 0.15) is 85.0 Å². The van der Waals surface area contributed by atoms with Gasteiger partial charge in [-0.25, -0.2) is 0 Å². The highest BCUT2D eigenvalue weighted by Crippen LogP contribution is 2.43. The van der Waals surface area contributed by atoms with Crippen LogP contribution in [0.5, 0.6) is 0 Å². The highest BCUT2D eigenvalue weighted by atomic mass is 15.0. The van der Waals surface area contributed by atoms with E-state index >= 15 is 0 Å². The molecular weight excluding hydrogens is 244 g/mol. The van der Waals surface area contributed by atoms with E-state index in [1.807, 2.05) is 0 Å². The molecule has 0 aliphatic heterocycles. The molecule has 2 saturated carbocycles. The summed E-state index contributed by atoms with van der Waals surface area (Å²) >= 11 is 0. The van der Waals surface area contributed by atoms with Crippen LogP contribution in [0.15, 0.2) is 0 Å². The third-order valence-corrected chi connectivity index (χ3v) is 6.47. The van der Waals surface area contributed by atoms with Crippen LogP contribution >= 0.6 is 0 Å². The van der Waals surface area contributed by atoms with Crippen molar-refractivity contribution in [2.75, 3.05) is 6.54 Å². The van der Waals surface area contributed by atoms with Crippen molar-refractivity contribution in [1.29, 1.82) is 0 Å². The third kappa shape index (κ3) is 3.76. The maximum atomic E-state index is 6.18. The first-order valence-electron chi connectivity index (χ1n) is 8.99. The van der Waals surface area contributed by atoms with Crippen LogP contribution in [0.4, 0.5) is 0 Å². The Morgan fingerprint density at radius 3 is 2.15 bits per heavy atom. The van der Waals surface area contributed by atoms with Crippen molar-refractivity contribution in [2.45, 2.75) is 96.6 Å². The maximum absolute atomic E-state index is 6.18. The van der Waals surface area contributed by atoms with Crippen molar-refractivity contribution < 1.29 is 0 Å². The summed E-state index contributed by atoms with van der Waals surface area (Å²) in [6.45, 7) is 8.05. The number of hydrogen-bond donors (Lipinski definition) is 2. The molecule has 2 aliphatic carbocycles. The quantitative estimate of drug-likeness (QED) is 0.791. The number of rotatable bonds is 5. The van der Waals surface area contributed by atoms with Crippen LogP contribution in [0.3, 0.4) is 0 Å². The molecule has 0 unspecified atom stereocenters. The van der Waals surface area contributed by atoms with Crippen molar-refractivity contribution >= 4 is 0 Å². The van der Waals surface area contributed by atoms with Gasteiger partial charge in [0, 0.05) is 18.1 Å². The fourth-order valence-electron chi connectivity index (χ4n) is 4.33. The first kappa shape index (κ1) is 16.3. The molecule has 0 radical (unpaired) electrons. The molecule has 0 atom stereocenters. The molecule has 3 N–H and O–H groups in total. The standard InChI is InChI=1S/C18H36N2/c1-4-17(2,3)15-10-12-18(14-19,13-11-15)20-16-8-6-5-7-9-16/h15-16,20H,4-14,19H2,1-3H3. The summed E-state index contributed by atoms with van der Waals surface area (Å²) in [7, 11) is 0. The van der Waals surface area contributed by atoms with Crippen molar-refractivity contribution in [1.82, 2.24) is 5.32 Å². The smallest absolute Gasteiger partial charge is 0.0306 e. The van der Waals surface area contributed by atoms with Crippen molar-refractivity contribution in [3.63, 3.8) is 0 Å². The predicted molar refractivity (Wildman–Crippen MR) is 87.8 cm³/mol. The van der Waals surface area contributed by atoms with Gasteiger partial charge in [0.1, 0.15) is 0 Å². The number of nitrogens with two attached hydrogens (primary N) is 1. The summed E-state index contributed by atoms with van der Waals surface area (Å²) in [5.74, 6) is 0.889. The lowest BCUT2D eigenvalue weighted by Gasteiger charge is -2.47. The molecule has 2 fully saturated rings. The average Bonchev–Trinajstić information content (AvgIpc) is 2.49. The zero-order valence-corrected chi connectivity index (χ0v) is 14.0. The van der Waals surface area contributed by atoms with Gasteiger partial charge in [-0.2, -0.15) is 0 Å². The van der Waals surface area contributed by atoms with E-state index in [2.05, 4.69) is 26.1 Å². The van der Waals surface area contributed by atoms with Crippen LogP contribution in [0.25, 0.3) is 0 Å². The minimum Gasteiger partial charge on any atom is -0.329 e. The molecule has 0 aromatic rings. The van der Waals surface area contributed by atoms with Gasteiger partial charge >= 0.3 is 0 Å². The normalized spacial score (nSPS) is 33.3. The van der Waals surface area contributed by atoms with E-state index in [-0.39, 0.29) is 5.54 Å². The average molecular weight is 280 g/mol. The highest BCUT2D eigenvalue weighted by molar-refractivity contribution is 4.98. The summed E-state index contributed by atoms with van der Waals surface area (Å²) < 4.78 is 0. The molecule has 2 nitrogen and oxygen atoms in total. The van der Waals surface area contributed by atoms with Crippen LogP contribution in [0, 0.1) is 11.3 Å². The van der Waals surface area contributed by atoms with Crippen molar-refractivity contribution in [3.8, 4) is 0 Å². The Morgan fingerprint density at radius 1 is 1.05 bits per heavy atom. The van der Waals surface area contributed by atoms with Gasteiger partial charge in [-0.15, -0.1) is 0 Å². The molecule has 0 aromatic heterocycles. The van der Waals surface area contributed by atoms with Gasteiger partial charge in [0.05, 0.1) is 0 Å². The lowest BCUT2D eigenvalue weighted by Crippen LogP contribution is -2.57. The third-order valence-electron chi connectivity index (χ3n) is 6.47. The van der Waals surface area contributed by atoms with E-state index < -0.39 is 0 Å². The Morgan fingerprint density at radius 2 is 1.65 bits per heavy atom. The minimum absolute atomic E-state index is 0.252. The molecule has 0 bridgehead atoms. The fraction of sp³-hybridized carbons (Fsp3) is 1.00. The molecule has 2 heteroatoms. The fourth-order valence-corrected chi connectivity index (χ4v) is 4.33. The number of nitrogens with one attached hydrogen (secondary N) is 1. The van der Waals surface area contributed by atoms with Gasteiger partial charge in [0.2, 0.25) is 0 Å². The van der Waals surface area contributed by atoms with Gasteiger partial charge < -0.3 is 11.1 Å². The summed E-state index contributed by atoms with van der Waals surface area (Å²) in [6.07, 6.45) is 13.6. The van der Waals surface area contributed by atoms with E-state index in [0.717, 1.165) is 18.5 Å². The summed E-state index contributed by atoms with van der Waals surface area (Å²) in [5.41, 5.74) is 6.94. The lowest BCUT2D eigenvalue weighted by atomic mass is 9.65. The van der Waals surface area contributed by atoms with Gasteiger partial charge in [-0.1, -0.05) is 46.5 Å². The maximum Gasteiger partial charge on any atom is 0.0306 e. The largest absolute Gasteiger partial charge is 0.329 e. The molecule has 2 aliphatic rings. The van der Waals surface area contributed by atoms with E-state index in [4.69, 9.17) is 5.73 Å². The van der Waals surface area contributed by atoms with Crippen molar-refractivity contribution in [3.05, 3.63) is 0 Å². The van der Waals surface area contributed by atoms with Gasteiger partial charge in [-0.05, 0) is 49.9 Å². The zero-order chi connectivity index (χ0) is 14.6. The number of hydrogen-bond acceptors (Lipinski definition) is 2. The highest BCUT2D eigenvalue weighted by Gasteiger charge is 2.39. The molecular formula is C18H36N2. The van der Waals surface area contributed by atoms with Crippen LogP contribution in [0.2, 0.25) is 0 Å². The second-order valence-corrected chi connectivity index (χ2v) is 8.08.